The monoisotopic (exact) mass is 279 g/mol. The van der Waals surface area contributed by atoms with Gasteiger partial charge in [-0.15, -0.1) is 0 Å². The van der Waals surface area contributed by atoms with E-state index in [1.54, 1.807) is 5.30 Å². The Labute approximate surface area is 121 Å². The zero-order chi connectivity index (χ0) is 14.0. The Morgan fingerprint density at radius 3 is 1.84 bits per heavy atom. The van der Waals surface area contributed by atoms with Crippen molar-refractivity contribution in [3.63, 3.8) is 0 Å². The summed E-state index contributed by atoms with van der Waals surface area (Å²) in [5, 5.41) is 1.60. The van der Waals surface area contributed by atoms with Crippen LogP contribution in [0.15, 0.2) is 30.3 Å². The predicted octanol–water partition coefficient (Wildman–Crippen LogP) is 5.73. The van der Waals surface area contributed by atoms with Crippen LogP contribution in [0.1, 0.15) is 58.3 Å². The first-order valence-electron chi connectivity index (χ1n) is 8.05. The van der Waals surface area contributed by atoms with Crippen molar-refractivity contribution in [2.24, 2.45) is 0 Å². The minimum absolute atomic E-state index is 0.861. The van der Waals surface area contributed by atoms with Crippen LogP contribution in [-0.2, 0) is 0 Å². The molecule has 1 rings (SSSR count). The molecule has 0 nitrogen and oxygen atoms in total. The van der Waals surface area contributed by atoms with Crippen molar-refractivity contribution in [2.75, 3.05) is 19.5 Å². The van der Waals surface area contributed by atoms with Gasteiger partial charge in [0.1, 0.15) is 0 Å². The summed E-state index contributed by atoms with van der Waals surface area (Å²) < 4.78 is 0. The van der Waals surface area contributed by atoms with Crippen LogP contribution in [0.5, 0.6) is 0 Å². The number of benzene rings is 1. The molecule has 0 aliphatic rings. The highest BCUT2D eigenvalue weighted by Crippen LogP contribution is 2.50. The molecule has 0 bridgehead atoms. The molecule has 0 amide bonds. The van der Waals surface area contributed by atoms with Gasteiger partial charge in [0.25, 0.3) is 0 Å². The van der Waals surface area contributed by atoms with Gasteiger partial charge in [-0.2, -0.15) is 0 Å². The Balaban J connectivity index is 2.12. The van der Waals surface area contributed by atoms with Gasteiger partial charge in [-0.3, -0.25) is 0 Å². The van der Waals surface area contributed by atoms with Crippen molar-refractivity contribution < 1.29 is 0 Å². The highest BCUT2D eigenvalue weighted by molar-refractivity contribution is 7.81. The van der Waals surface area contributed by atoms with Gasteiger partial charge in [-0.25, -0.2) is 0 Å². The third-order valence-corrected chi connectivity index (χ3v) is 7.16. The van der Waals surface area contributed by atoms with Crippen LogP contribution >= 0.6 is 7.26 Å². The number of hydrogen-bond donors (Lipinski definition) is 0. The van der Waals surface area contributed by atoms with E-state index < -0.39 is 7.26 Å². The number of rotatable bonds is 10. The Bertz CT molecular complexity index is 316. The van der Waals surface area contributed by atoms with Gasteiger partial charge in [-0.1, -0.05) is 63.6 Å². The maximum atomic E-state index is 2.49. The molecule has 1 aromatic rings. The quantitative estimate of drug-likeness (QED) is 0.379. The van der Waals surface area contributed by atoms with E-state index in [-0.39, 0.29) is 0 Å². The standard InChI is InChI=1S/C18H32P/c1-4-5-6-7-8-9-10-14-17-19(2,3)18-15-12-11-13-16-18/h11-13,15-16H,4-10,14,17H2,1-3H3/q+1. The zero-order valence-corrected chi connectivity index (χ0v) is 14.1. The molecular formula is C18H32P+. The molecule has 0 spiro atoms. The summed E-state index contributed by atoms with van der Waals surface area (Å²) in [7, 11) is -0.861. The predicted molar refractivity (Wildman–Crippen MR) is 92.3 cm³/mol. The van der Waals surface area contributed by atoms with E-state index in [9.17, 15) is 0 Å². The van der Waals surface area contributed by atoms with E-state index in [4.69, 9.17) is 0 Å². The summed E-state index contributed by atoms with van der Waals surface area (Å²) in [6, 6.07) is 11.1. The average molecular weight is 279 g/mol. The molecule has 1 heteroatoms. The van der Waals surface area contributed by atoms with Gasteiger partial charge >= 0.3 is 0 Å². The van der Waals surface area contributed by atoms with Crippen molar-refractivity contribution in [1.29, 1.82) is 0 Å². The lowest BCUT2D eigenvalue weighted by Crippen LogP contribution is -2.11. The molecule has 0 unspecified atom stereocenters. The van der Waals surface area contributed by atoms with Crippen LogP contribution in [0.25, 0.3) is 0 Å². The van der Waals surface area contributed by atoms with Crippen molar-refractivity contribution in [3.8, 4) is 0 Å². The number of hydrogen-bond acceptors (Lipinski definition) is 0. The van der Waals surface area contributed by atoms with Crippen LogP contribution < -0.4 is 5.30 Å². The van der Waals surface area contributed by atoms with Crippen molar-refractivity contribution in [2.45, 2.75) is 58.3 Å². The maximum absolute atomic E-state index is 2.49. The molecule has 0 saturated carbocycles. The van der Waals surface area contributed by atoms with Crippen molar-refractivity contribution in [3.05, 3.63) is 30.3 Å². The molecule has 1 aromatic carbocycles. The summed E-state index contributed by atoms with van der Waals surface area (Å²) in [4.78, 5) is 0. The van der Waals surface area contributed by atoms with Gasteiger partial charge < -0.3 is 0 Å². The fourth-order valence-electron chi connectivity index (χ4n) is 2.60. The molecule has 0 aliphatic carbocycles. The van der Waals surface area contributed by atoms with Gasteiger partial charge in [0.15, 0.2) is 0 Å². The third kappa shape index (κ3) is 7.11. The second-order valence-corrected chi connectivity index (χ2v) is 10.6. The Hall–Kier alpha value is -0.350. The topological polar surface area (TPSA) is 0 Å². The summed E-state index contributed by atoms with van der Waals surface area (Å²) in [5.41, 5.74) is 0. The van der Waals surface area contributed by atoms with E-state index in [2.05, 4.69) is 50.6 Å². The van der Waals surface area contributed by atoms with E-state index in [0.717, 1.165) is 0 Å². The van der Waals surface area contributed by atoms with Gasteiger partial charge in [-0.05, 0) is 25.0 Å². The maximum Gasteiger partial charge on any atom is 0.0933 e. The minimum atomic E-state index is -0.861. The summed E-state index contributed by atoms with van der Waals surface area (Å²) in [6.07, 6.45) is 12.8. The fraction of sp³-hybridized carbons (Fsp3) is 0.667. The lowest BCUT2D eigenvalue weighted by Gasteiger charge is -2.17. The normalized spacial score (nSPS) is 11.7. The fourth-order valence-corrected chi connectivity index (χ4v) is 4.85. The molecule has 19 heavy (non-hydrogen) atoms. The Morgan fingerprint density at radius 1 is 0.737 bits per heavy atom. The minimum Gasteiger partial charge on any atom is -0.0654 e. The Morgan fingerprint density at radius 2 is 1.26 bits per heavy atom. The van der Waals surface area contributed by atoms with Crippen LogP contribution in [-0.4, -0.2) is 19.5 Å². The molecule has 0 atom stereocenters. The first-order chi connectivity index (χ1) is 9.17. The molecule has 0 fully saturated rings. The Kier molecular flexibility index (Phi) is 8.38. The lowest BCUT2D eigenvalue weighted by atomic mass is 10.1. The summed E-state index contributed by atoms with van der Waals surface area (Å²) in [5.74, 6) is 0. The second-order valence-electron chi connectivity index (χ2n) is 6.22. The molecule has 0 aliphatic heterocycles. The highest BCUT2D eigenvalue weighted by atomic mass is 31.2. The largest absolute Gasteiger partial charge is 0.0933 e. The van der Waals surface area contributed by atoms with E-state index in [1.165, 1.54) is 57.5 Å². The summed E-state index contributed by atoms with van der Waals surface area (Å²) >= 11 is 0. The van der Waals surface area contributed by atoms with E-state index in [0.29, 0.717) is 0 Å². The van der Waals surface area contributed by atoms with Gasteiger partial charge in [0.2, 0.25) is 0 Å². The smallest absolute Gasteiger partial charge is 0.0654 e. The van der Waals surface area contributed by atoms with Crippen LogP contribution in [0.3, 0.4) is 0 Å². The van der Waals surface area contributed by atoms with Crippen molar-refractivity contribution in [1.82, 2.24) is 0 Å². The highest BCUT2D eigenvalue weighted by Gasteiger charge is 2.26. The van der Waals surface area contributed by atoms with E-state index in [1.807, 2.05) is 0 Å². The summed E-state index contributed by atoms with van der Waals surface area (Å²) in [6.45, 7) is 7.27. The van der Waals surface area contributed by atoms with Gasteiger partial charge in [0.05, 0.1) is 24.8 Å². The van der Waals surface area contributed by atoms with E-state index >= 15 is 0 Å². The first kappa shape index (κ1) is 16.7. The molecule has 0 saturated heterocycles. The molecule has 108 valence electrons. The zero-order valence-electron chi connectivity index (χ0n) is 13.2. The van der Waals surface area contributed by atoms with Crippen LogP contribution in [0.2, 0.25) is 0 Å². The average Bonchev–Trinajstić information content (AvgIpc) is 2.43. The van der Waals surface area contributed by atoms with Crippen molar-refractivity contribution >= 4 is 12.6 Å². The number of unbranched alkanes of at least 4 members (excludes halogenated alkanes) is 7. The lowest BCUT2D eigenvalue weighted by molar-refractivity contribution is 0.586. The molecular weight excluding hydrogens is 247 g/mol. The van der Waals surface area contributed by atoms with Crippen LogP contribution in [0.4, 0.5) is 0 Å². The molecule has 0 N–H and O–H groups in total. The molecule has 0 heterocycles. The molecule has 0 radical (unpaired) electrons. The molecule has 0 aromatic heterocycles. The second kappa shape index (κ2) is 9.54. The third-order valence-electron chi connectivity index (χ3n) is 4.03. The SMILES string of the molecule is CCCCCCCCCC[P+](C)(C)c1ccccc1. The van der Waals surface area contributed by atoms with Crippen LogP contribution in [0, 0.1) is 0 Å². The van der Waals surface area contributed by atoms with Gasteiger partial charge in [0, 0.05) is 7.26 Å². The first-order valence-corrected chi connectivity index (χ1v) is 10.9.